The van der Waals surface area contributed by atoms with Gasteiger partial charge in [0, 0.05) is 31.5 Å². The highest BCUT2D eigenvalue weighted by atomic mass is 19.1. The fourth-order valence-corrected chi connectivity index (χ4v) is 4.22. The van der Waals surface area contributed by atoms with Crippen molar-refractivity contribution in [2.24, 2.45) is 7.05 Å². The van der Waals surface area contributed by atoms with Crippen LogP contribution in [0.15, 0.2) is 42.6 Å². The Morgan fingerprint density at radius 1 is 1.22 bits per heavy atom. The summed E-state index contributed by atoms with van der Waals surface area (Å²) in [5.74, 6) is 0.412. The third-order valence-corrected chi connectivity index (χ3v) is 5.89. The van der Waals surface area contributed by atoms with Crippen LogP contribution in [0, 0.1) is 17.1 Å². The number of ether oxygens (including phenoxy) is 1. The molecule has 0 aliphatic rings. The number of nitriles is 1. The van der Waals surface area contributed by atoms with Crippen LogP contribution in [0.25, 0.3) is 11.3 Å². The zero-order valence-corrected chi connectivity index (χ0v) is 21.9. The second-order valence-corrected chi connectivity index (χ2v) is 9.95. The maximum absolute atomic E-state index is 15.1. The Kier molecular flexibility index (Phi) is 9.05. The maximum Gasteiger partial charge on any atom is 0.140 e. The molecule has 2 atom stereocenters. The van der Waals surface area contributed by atoms with E-state index in [1.165, 1.54) is 6.07 Å². The molecule has 0 bridgehead atoms. The van der Waals surface area contributed by atoms with Crippen LogP contribution in [0.4, 0.5) is 4.39 Å². The van der Waals surface area contributed by atoms with Crippen molar-refractivity contribution in [2.45, 2.75) is 64.5 Å². The van der Waals surface area contributed by atoms with Crippen LogP contribution in [0.1, 0.15) is 62.9 Å². The molecule has 1 unspecified atom stereocenters. The predicted molar refractivity (Wildman–Crippen MR) is 138 cm³/mol. The van der Waals surface area contributed by atoms with E-state index in [1.54, 1.807) is 62.0 Å². The third kappa shape index (κ3) is 7.14. The summed E-state index contributed by atoms with van der Waals surface area (Å²) in [5.41, 5.74) is 1.04. The number of nitrogens with one attached hydrogen (secondary N) is 1. The molecule has 1 aromatic heterocycles. The predicted octanol–water partition coefficient (Wildman–Crippen LogP) is 3.69. The van der Waals surface area contributed by atoms with E-state index in [2.05, 4.69) is 16.4 Å². The van der Waals surface area contributed by atoms with E-state index in [1.807, 2.05) is 13.8 Å². The average Bonchev–Trinajstić information content (AvgIpc) is 3.21. The van der Waals surface area contributed by atoms with Crippen molar-refractivity contribution in [1.82, 2.24) is 14.9 Å². The Hall–Kier alpha value is -3.29. The van der Waals surface area contributed by atoms with Crippen molar-refractivity contribution in [2.75, 3.05) is 6.61 Å². The second kappa shape index (κ2) is 11.8. The van der Waals surface area contributed by atoms with Gasteiger partial charge in [-0.25, -0.2) is 9.37 Å². The van der Waals surface area contributed by atoms with Crippen molar-refractivity contribution in [3.63, 3.8) is 0 Å². The number of aliphatic hydroxyl groups is 3. The van der Waals surface area contributed by atoms with Crippen molar-refractivity contribution in [3.05, 3.63) is 70.9 Å². The van der Waals surface area contributed by atoms with E-state index >= 15 is 4.39 Å². The molecular weight excluding hydrogens is 475 g/mol. The van der Waals surface area contributed by atoms with Crippen LogP contribution in [0.3, 0.4) is 0 Å². The number of hydrogen-bond acceptors (Lipinski definition) is 7. The topological polar surface area (TPSA) is 124 Å². The number of nitrogens with zero attached hydrogens (tertiary/aromatic N) is 3. The van der Waals surface area contributed by atoms with Gasteiger partial charge in [0.1, 0.15) is 35.3 Å². The summed E-state index contributed by atoms with van der Waals surface area (Å²) in [6, 6.07) is 11.4. The summed E-state index contributed by atoms with van der Waals surface area (Å²) < 4.78 is 22.4. The molecule has 1 heterocycles. The van der Waals surface area contributed by atoms with E-state index in [4.69, 9.17) is 4.74 Å². The Labute approximate surface area is 217 Å². The number of halogens is 1. The molecule has 0 aliphatic carbocycles. The number of aromatic nitrogens is 2. The molecule has 0 saturated heterocycles. The maximum atomic E-state index is 15.1. The van der Waals surface area contributed by atoms with E-state index in [0.717, 1.165) is 0 Å². The lowest BCUT2D eigenvalue weighted by atomic mass is 10.00. The average molecular weight is 511 g/mol. The van der Waals surface area contributed by atoms with Crippen LogP contribution < -0.4 is 10.1 Å². The van der Waals surface area contributed by atoms with Gasteiger partial charge in [0.05, 0.1) is 17.4 Å². The largest absolute Gasteiger partial charge is 0.490 e. The van der Waals surface area contributed by atoms with E-state index in [9.17, 15) is 20.6 Å². The highest BCUT2D eigenvalue weighted by Gasteiger charge is 2.24. The van der Waals surface area contributed by atoms with Gasteiger partial charge in [-0.15, -0.1) is 0 Å². The number of imidazole rings is 1. The molecule has 3 rings (SSSR count). The fourth-order valence-electron chi connectivity index (χ4n) is 4.22. The SMILES string of the molecule is CC(C)Oc1ccc(C(O)N[C@H](CCO)Cc2ccc(-c3cn(C)c(C(C)(C)O)n3)c(F)c2)cc1C#N. The zero-order valence-electron chi connectivity index (χ0n) is 21.9. The lowest BCUT2D eigenvalue weighted by molar-refractivity contribution is 0.0659. The first-order valence-corrected chi connectivity index (χ1v) is 12.2. The number of benzene rings is 2. The molecule has 0 spiro atoms. The Morgan fingerprint density at radius 2 is 1.95 bits per heavy atom. The lowest BCUT2D eigenvalue weighted by Gasteiger charge is -2.23. The molecule has 0 radical (unpaired) electrons. The van der Waals surface area contributed by atoms with E-state index in [-0.39, 0.29) is 18.8 Å². The summed E-state index contributed by atoms with van der Waals surface area (Å²) >= 11 is 0. The molecule has 0 saturated carbocycles. The molecule has 9 heteroatoms. The quantitative estimate of drug-likeness (QED) is 0.290. The summed E-state index contributed by atoms with van der Waals surface area (Å²) in [4.78, 5) is 4.40. The Morgan fingerprint density at radius 3 is 2.51 bits per heavy atom. The highest BCUT2D eigenvalue weighted by Crippen LogP contribution is 2.28. The Balaban J connectivity index is 1.76. The minimum atomic E-state index is -1.16. The van der Waals surface area contributed by atoms with Crippen LogP contribution in [-0.2, 0) is 19.1 Å². The molecular formula is C28H35FN4O4. The van der Waals surface area contributed by atoms with Crippen LogP contribution in [-0.4, -0.2) is 43.6 Å². The van der Waals surface area contributed by atoms with Crippen molar-refractivity contribution >= 4 is 0 Å². The molecule has 0 fully saturated rings. The van der Waals surface area contributed by atoms with Crippen molar-refractivity contribution in [3.8, 4) is 23.1 Å². The van der Waals surface area contributed by atoms with Gasteiger partial charge in [-0.3, -0.25) is 5.32 Å². The standard InChI is InChI=1S/C28H35FN4O4/c1-17(2)37-25-9-7-19(14-20(25)15-30)26(35)31-21(10-11-34)12-18-6-8-22(23(29)13-18)24-16-33(5)27(32-24)28(3,4)36/h6-9,13-14,16-17,21,26,31,34-36H,10-12H2,1-5H3/t21-,26?/m1/s1. The van der Waals surface area contributed by atoms with Gasteiger partial charge in [0.25, 0.3) is 0 Å². The molecule has 0 aliphatic heterocycles. The van der Waals surface area contributed by atoms with E-state index in [0.29, 0.717) is 52.4 Å². The van der Waals surface area contributed by atoms with Gasteiger partial charge in [0.2, 0.25) is 0 Å². The molecule has 4 N–H and O–H groups in total. The fraction of sp³-hybridized carbons (Fsp3) is 0.429. The molecule has 8 nitrogen and oxygen atoms in total. The highest BCUT2D eigenvalue weighted by molar-refractivity contribution is 5.60. The summed E-state index contributed by atoms with van der Waals surface area (Å²) in [6.07, 6.45) is 1.16. The summed E-state index contributed by atoms with van der Waals surface area (Å²) in [6.45, 7) is 6.85. The van der Waals surface area contributed by atoms with Crippen molar-refractivity contribution in [1.29, 1.82) is 5.26 Å². The molecule has 198 valence electrons. The van der Waals surface area contributed by atoms with Crippen LogP contribution in [0.2, 0.25) is 0 Å². The second-order valence-electron chi connectivity index (χ2n) is 9.95. The molecule has 2 aromatic carbocycles. The van der Waals surface area contributed by atoms with E-state index < -0.39 is 17.6 Å². The minimum Gasteiger partial charge on any atom is -0.490 e. The van der Waals surface area contributed by atoms with Gasteiger partial charge >= 0.3 is 0 Å². The zero-order chi connectivity index (χ0) is 27.3. The van der Waals surface area contributed by atoms with Crippen LogP contribution in [0.5, 0.6) is 5.75 Å². The van der Waals surface area contributed by atoms with Crippen molar-refractivity contribution < 1.29 is 24.4 Å². The lowest BCUT2D eigenvalue weighted by Crippen LogP contribution is -2.35. The summed E-state index contributed by atoms with van der Waals surface area (Å²) in [7, 11) is 1.75. The number of aliphatic hydroxyl groups excluding tert-OH is 2. The number of rotatable bonds is 11. The first-order valence-electron chi connectivity index (χ1n) is 12.2. The normalized spacial score (nSPS) is 13.4. The van der Waals surface area contributed by atoms with Gasteiger partial charge in [0.15, 0.2) is 0 Å². The van der Waals surface area contributed by atoms with Gasteiger partial charge in [-0.2, -0.15) is 5.26 Å². The van der Waals surface area contributed by atoms with Gasteiger partial charge in [-0.1, -0.05) is 12.1 Å². The number of aryl methyl sites for hydroxylation is 1. The van der Waals surface area contributed by atoms with Crippen LogP contribution >= 0.6 is 0 Å². The summed E-state index contributed by atoms with van der Waals surface area (Å²) in [5, 5.41) is 43.1. The third-order valence-electron chi connectivity index (χ3n) is 5.89. The minimum absolute atomic E-state index is 0.0945. The van der Waals surface area contributed by atoms with Gasteiger partial charge in [-0.05, 0) is 75.9 Å². The first kappa shape index (κ1) is 28.3. The molecule has 37 heavy (non-hydrogen) atoms. The smallest absolute Gasteiger partial charge is 0.140 e. The monoisotopic (exact) mass is 510 g/mol. The molecule has 0 amide bonds. The number of hydrogen-bond donors (Lipinski definition) is 4. The Bertz CT molecular complexity index is 1260. The van der Waals surface area contributed by atoms with Gasteiger partial charge < -0.3 is 24.6 Å². The first-order chi connectivity index (χ1) is 17.4. The molecule has 3 aromatic rings.